The van der Waals surface area contributed by atoms with Gasteiger partial charge in [0.15, 0.2) is 11.5 Å². The highest BCUT2D eigenvalue weighted by atomic mass is 32.1. The summed E-state index contributed by atoms with van der Waals surface area (Å²) in [5.74, 6) is 1.15. The van der Waals surface area contributed by atoms with Crippen LogP contribution in [0.15, 0.2) is 60.0 Å². The Bertz CT molecular complexity index is 1190. The Morgan fingerprint density at radius 2 is 1.86 bits per heavy atom. The molecule has 2 heterocycles. The summed E-state index contributed by atoms with van der Waals surface area (Å²) in [5, 5.41) is 5.22. The summed E-state index contributed by atoms with van der Waals surface area (Å²) in [5.41, 5.74) is 2.72. The third kappa shape index (κ3) is 5.35. The summed E-state index contributed by atoms with van der Waals surface area (Å²) < 4.78 is 11.0. The van der Waals surface area contributed by atoms with Crippen LogP contribution in [0.3, 0.4) is 0 Å². The minimum Gasteiger partial charge on any atom is -0.454 e. The lowest BCUT2D eigenvalue weighted by atomic mass is 9.97. The molecule has 1 aromatic heterocycles. The normalized spacial score (nSPS) is 15.7. The predicted molar refractivity (Wildman–Crippen MR) is 135 cm³/mol. The van der Waals surface area contributed by atoms with Crippen molar-refractivity contribution in [1.29, 1.82) is 0 Å². The molecule has 2 amide bonds. The maximum Gasteiger partial charge on any atom is 0.247 e. The summed E-state index contributed by atoms with van der Waals surface area (Å²) in [6.07, 6.45) is 4.47. The first kappa shape index (κ1) is 23.4. The molecule has 1 unspecified atom stereocenters. The Labute approximate surface area is 209 Å². The number of aryl methyl sites for hydroxylation is 1. The van der Waals surface area contributed by atoms with Gasteiger partial charge < -0.3 is 19.7 Å². The minimum absolute atomic E-state index is 0.0834. The molecule has 1 N–H and O–H groups in total. The van der Waals surface area contributed by atoms with Gasteiger partial charge in [0.1, 0.15) is 6.04 Å². The highest BCUT2D eigenvalue weighted by Gasteiger charge is 2.34. The fourth-order valence-corrected chi connectivity index (χ4v) is 5.61. The zero-order valence-corrected chi connectivity index (χ0v) is 20.7. The van der Waals surface area contributed by atoms with E-state index >= 15 is 0 Å². The van der Waals surface area contributed by atoms with E-state index < -0.39 is 6.04 Å². The van der Waals surface area contributed by atoms with Gasteiger partial charge in [-0.05, 0) is 60.0 Å². The van der Waals surface area contributed by atoms with Crippen molar-refractivity contribution in [2.45, 2.75) is 57.7 Å². The van der Waals surface area contributed by atoms with Crippen LogP contribution in [0.25, 0.3) is 0 Å². The van der Waals surface area contributed by atoms with Crippen LogP contribution < -0.4 is 14.8 Å². The number of amides is 2. The number of carbonyl (C=O) groups is 2. The van der Waals surface area contributed by atoms with Crippen molar-refractivity contribution in [3.63, 3.8) is 0 Å². The number of carbonyl (C=O) groups excluding carboxylic acids is 2. The standard InChI is InChI=1S/C28H30N2O4S/c1-19-7-2-5-11-23(19)27(28(32)29-21-8-3-4-9-21)30(26(31)16-22-10-6-14-35-22)17-20-12-13-24-25(15-20)34-18-33-24/h2,5-7,10-15,21,27H,3-4,8-9,16-18H2,1H3,(H,29,32). The van der Waals surface area contributed by atoms with Crippen molar-refractivity contribution >= 4 is 23.2 Å². The average molecular weight is 491 g/mol. The monoisotopic (exact) mass is 490 g/mol. The summed E-state index contributed by atoms with van der Waals surface area (Å²) in [6, 6.07) is 16.9. The first-order chi connectivity index (χ1) is 17.1. The van der Waals surface area contributed by atoms with Crippen molar-refractivity contribution in [3.8, 4) is 11.5 Å². The van der Waals surface area contributed by atoms with Crippen LogP contribution in [0.4, 0.5) is 0 Å². The Hall–Kier alpha value is -3.32. The molecular weight excluding hydrogens is 460 g/mol. The van der Waals surface area contributed by atoms with Crippen molar-refractivity contribution in [1.82, 2.24) is 10.2 Å². The van der Waals surface area contributed by atoms with E-state index in [0.29, 0.717) is 11.5 Å². The molecule has 6 nitrogen and oxygen atoms in total. The number of fused-ring (bicyclic) bond motifs is 1. The van der Waals surface area contributed by atoms with Gasteiger partial charge in [0.2, 0.25) is 18.6 Å². The van der Waals surface area contributed by atoms with Gasteiger partial charge in [0.05, 0.1) is 6.42 Å². The number of benzene rings is 2. The Morgan fingerprint density at radius 3 is 2.63 bits per heavy atom. The molecule has 0 spiro atoms. The van der Waals surface area contributed by atoms with Crippen LogP contribution in [-0.4, -0.2) is 29.5 Å². The number of rotatable bonds is 8. The van der Waals surface area contributed by atoms with E-state index in [1.807, 2.05) is 66.9 Å². The maximum absolute atomic E-state index is 13.8. The van der Waals surface area contributed by atoms with Crippen molar-refractivity contribution in [2.75, 3.05) is 6.79 Å². The van der Waals surface area contributed by atoms with Crippen LogP contribution in [0.1, 0.15) is 53.3 Å². The van der Waals surface area contributed by atoms with Gasteiger partial charge >= 0.3 is 0 Å². The van der Waals surface area contributed by atoms with Crippen molar-refractivity contribution < 1.29 is 19.1 Å². The molecule has 2 aromatic carbocycles. The number of hydrogen-bond donors (Lipinski definition) is 1. The second kappa shape index (κ2) is 10.5. The lowest BCUT2D eigenvalue weighted by Crippen LogP contribution is -2.46. The Morgan fingerprint density at radius 1 is 1.06 bits per heavy atom. The summed E-state index contributed by atoms with van der Waals surface area (Å²) in [4.78, 5) is 30.3. The number of thiophene rings is 1. The zero-order valence-electron chi connectivity index (χ0n) is 19.9. The molecule has 1 fully saturated rings. The molecule has 1 aliphatic carbocycles. The van der Waals surface area contributed by atoms with E-state index in [1.165, 1.54) is 0 Å². The molecule has 35 heavy (non-hydrogen) atoms. The SMILES string of the molecule is Cc1ccccc1C(C(=O)NC1CCCC1)N(Cc1ccc2c(c1)OCO2)C(=O)Cc1cccs1. The van der Waals surface area contributed by atoms with Crippen LogP contribution in [0, 0.1) is 6.92 Å². The van der Waals surface area contributed by atoms with Crippen molar-refractivity contribution in [2.24, 2.45) is 0 Å². The van der Waals surface area contributed by atoms with E-state index in [9.17, 15) is 9.59 Å². The van der Waals surface area contributed by atoms with Gasteiger partial charge in [-0.2, -0.15) is 0 Å². The lowest BCUT2D eigenvalue weighted by molar-refractivity contribution is -0.141. The van der Waals surface area contributed by atoms with Crippen LogP contribution >= 0.6 is 11.3 Å². The van der Waals surface area contributed by atoms with Gasteiger partial charge in [-0.3, -0.25) is 9.59 Å². The first-order valence-electron chi connectivity index (χ1n) is 12.1. The van der Waals surface area contributed by atoms with Crippen molar-refractivity contribution in [3.05, 3.63) is 81.5 Å². The zero-order chi connectivity index (χ0) is 24.2. The molecule has 0 saturated heterocycles. The van der Waals surface area contributed by atoms with E-state index in [1.54, 1.807) is 16.2 Å². The topological polar surface area (TPSA) is 67.9 Å². The van der Waals surface area contributed by atoms with Gasteiger partial charge in [-0.15, -0.1) is 11.3 Å². The first-order valence-corrected chi connectivity index (χ1v) is 13.0. The lowest BCUT2D eigenvalue weighted by Gasteiger charge is -2.33. The molecule has 0 bridgehead atoms. The molecule has 2 aliphatic rings. The molecule has 1 aliphatic heterocycles. The largest absolute Gasteiger partial charge is 0.454 e. The van der Waals surface area contributed by atoms with Crippen LogP contribution in [0.5, 0.6) is 11.5 Å². The number of hydrogen-bond acceptors (Lipinski definition) is 5. The molecule has 1 saturated carbocycles. The summed E-state index contributed by atoms with van der Waals surface area (Å²) in [6.45, 7) is 2.47. The minimum atomic E-state index is -0.727. The molecule has 182 valence electrons. The maximum atomic E-state index is 13.8. The third-order valence-electron chi connectivity index (χ3n) is 6.76. The van der Waals surface area contributed by atoms with Gasteiger partial charge in [0, 0.05) is 17.5 Å². The van der Waals surface area contributed by atoms with E-state index in [-0.39, 0.29) is 37.6 Å². The van der Waals surface area contributed by atoms with Gasteiger partial charge in [-0.25, -0.2) is 0 Å². The van der Waals surface area contributed by atoms with Crippen LogP contribution in [0.2, 0.25) is 0 Å². The van der Waals surface area contributed by atoms with Crippen LogP contribution in [-0.2, 0) is 22.6 Å². The molecular formula is C28H30N2O4S. The Balaban J connectivity index is 1.51. The number of nitrogens with zero attached hydrogens (tertiary/aromatic N) is 1. The van der Waals surface area contributed by atoms with Gasteiger partial charge in [0.25, 0.3) is 0 Å². The summed E-state index contributed by atoms with van der Waals surface area (Å²) >= 11 is 1.55. The average Bonchev–Trinajstić information content (AvgIpc) is 3.63. The highest BCUT2D eigenvalue weighted by Crippen LogP contribution is 2.34. The molecule has 7 heteroatoms. The molecule has 1 atom stereocenters. The second-order valence-electron chi connectivity index (χ2n) is 9.21. The molecule has 0 radical (unpaired) electrons. The third-order valence-corrected chi connectivity index (χ3v) is 7.64. The highest BCUT2D eigenvalue weighted by molar-refractivity contribution is 7.10. The Kier molecular flexibility index (Phi) is 7.04. The summed E-state index contributed by atoms with van der Waals surface area (Å²) in [7, 11) is 0. The van der Waals surface area contributed by atoms with E-state index in [2.05, 4.69) is 5.32 Å². The number of ether oxygens (including phenoxy) is 2. The van der Waals surface area contributed by atoms with E-state index in [4.69, 9.17) is 9.47 Å². The number of nitrogens with one attached hydrogen (secondary N) is 1. The predicted octanol–water partition coefficient (Wildman–Crippen LogP) is 5.16. The van der Waals surface area contributed by atoms with Gasteiger partial charge in [-0.1, -0.05) is 49.2 Å². The fraction of sp³-hybridized carbons (Fsp3) is 0.357. The molecule has 5 rings (SSSR count). The second-order valence-corrected chi connectivity index (χ2v) is 10.2. The van der Waals surface area contributed by atoms with E-state index in [0.717, 1.165) is 47.3 Å². The quantitative estimate of drug-likeness (QED) is 0.474. The smallest absolute Gasteiger partial charge is 0.247 e. The molecule has 3 aromatic rings. The fourth-order valence-electron chi connectivity index (χ4n) is 4.92.